The summed E-state index contributed by atoms with van der Waals surface area (Å²) in [7, 11) is 4.68. The number of carbonyl (C=O) groups is 1. The van der Waals surface area contributed by atoms with Crippen LogP contribution in [-0.2, 0) is 6.61 Å². The second-order valence-electron chi connectivity index (χ2n) is 4.90. The lowest BCUT2D eigenvalue weighted by Crippen LogP contribution is -2.05. The van der Waals surface area contributed by atoms with E-state index >= 15 is 0 Å². The first kappa shape index (κ1) is 16.7. The molecule has 5 nitrogen and oxygen atoms in total. The summed E-state index contributed by atoms with van der Waals surface area (Å²) in [5, 5.41) is 0. The highest BCUT2D eigenvalue weighted by atomic mass is 16.5. The molecule has 0 aliphatic rings. The molecule has 0 amide bonds. The van der Waals surface area contributed by atoms with E-state index in [0.717, 1.165) is 11.3 Å². The number of ether oxygens (including phenoxy) is 4. The highest BCUT2D eigenvalue weighted by Crippen LogP contribution is 2.35. The lowest BCUT2D eigenvalue weighted by Gasteiger charge is -2.15. The van der Waals surface area contributed by atoms with Crippen molar-refractivity contribution in [2.24, 2.45) is 0 Å². The van der Waals surface area contributed by atoms with E-state index in [-0.39, 0.29) is 5.78 Å². The van der Waals surface area contributed by atoms with Crippen molar-refractivity contribution in [1.29, 1.82) is 0 Å². The van der Waals surface area contributed by atoms with Crippen LogP contribution in [0.15, 0.2) is 36.4 Å². The number of benzene rings is 2. The van der Waals surface area contributed by atoms with Crippen LogP contribution < -0.4 is 18.9 Å². The summed E-state index contributed by atoms with van der Waals surface area (Å²) in [5.41, 5.74) is 1.36. The molecule has 0 spiro atoms. The number of rotatable bonds is 7. The van der Waals surface area contributed by atoms with E-state index in [2.05, 4.69) is 0 Å². The van der Waals surface area contributed by atoms with E-state index in [1.54, 1.807) is 26.4 Å². The van der Waals surface area contributed by atoms with E-state index in [9.17, 15) is 4.79 Å². The minimum atomic E-state index is -0.130. The molecule has 0 atom stereocenters. The van der Waals surface area contributed by atoms with Gasteiger partial charge in [-0.1, -0.05) is 12.1 Å². The fourth-order valence-corrected chi connectivity index (χ4v) is 2.19. The topological polar surface area (TPSA) is 54.0 Å². The average molecular weight is 316 g/mol. The standard InChI is InChI=1S/C18H20O5/c1-12(19)18-16(22-4)9-15(21-3)10-17(18)23-11-13-5-7-14(20-2)8-6-13/h5-10H,11H2,1-4H3. The van der Waals surface area contributed by atoms with Crippen molar-refractivity contribution in [2.75, 3.05) is 21.3 Å². The van der Waals surface area contributed by atoms with Crippen LogP contribution in [0.1, 0.15) is 22.8 Å². The van der Waals surface area contributed by atoms with Gasteiger partial charge in [-0.15, -0.1) is 0 Å². The predicted octanol–water partition coefficient (Wildman–Crippen LogP) is 3.49. The summed E-state index contributed by atoms with van der Waals surface area (Å²) in [5.74, 6) is 2.08. The largest absolute Gasteiger partial charge is 0.497 e. The minimum absolute atomic E-state index is 0.130. The van der Waals surface area contributed by atoms with Crippen molar-refractivity contribution in [3.63, 3.8) is 0 Å². The van der Waals surface area contributed by atoms with Crippen molar-refractivity contribution in [2.45, 2.75) is 13.5 Å². The van der Waals surface area contributed by atoms with Crippen LogP contribution in [0.5, 0.6) is 23.0 Å². The van der Waals surface area contributed by atoms with Crippen LogP contribution in [0.2, 0.25) is 0 Å². The third-order valence-corrected chi connectivity index (χ3v) is 3.40. The van der Waals surface area contributed by atoms with Crippen LogP contribution >= 0.6 is 0 Å². The average Bonchev–Trinajstić information content (AvgIpc) is 2.59. The van der Waals surface area contributed by atoms with Gasteiger partial charge in [0.2, 0.25) is 0 Å². The lowest BCUT2D eigenvalue weighted by molar-refractivity contribution is 0.101. The van der Waals surface area contributed by atoms with E-state index in [1.165, 1.54) is 14.0 Å². The number of carbonyl (C=O) groups excluding carboxylic acids is 1. The van der Waals surface area contributed by atoms with Crippen LogP contribution in [0, 0.1) is 0 Å². The molecular formula is C18H20O5. The van der Waals surface area contributed by atoms with E-state index in [0.29, 0.717) is 29.4 Å². The summed E-state index contributed by atoms with van der Waals surface area (Å²) in [6.45, 7) is 1.80. The molecule has 0 saturated heterocycles. The Bertz CT molecular complexity index is 677. The summed E-state index contributed by atoms with van der Waals surface area (Å²) in [6.07, 6.45) is 0. The van der Waals surface area contributed by atoms with Crippen molar-refractivity contribution < 1.29 is 23.7 Å². The van der Waals surface area contributed by atoms with Crippen LogP contribution in [0.4, 0.5) is 0 Å². The molecule has 0 heterocycles. The maximum atomic E-state index is 11.9. The Morgan fingerprint density at radius 3 is 2.00 bits per heavy atom. The van der Waals surface area contributed by atoms with Gasteiger partial charge in [0.15, 0.2) is 5.78 Å². The summed E-state index contributed by atoms with van der Waals surface area (Å²) >= 11 is 0. The molecule has 5 heteroatoms. The molecule has 0 aliphatic carbocycles. The second-order valence-corrected chi connectivity index (χ2v) is 4.90. The minimum Gasteiger partial charge on any atom is -0.497 e. The molecule has 122 valence electrons. The second kappa shape index (κ2) is 7.54. The summed E-state index contributed by atoms with van der Waals surface area (Å²) in [6, 6.07) is 10.9. The molecule has 0 aliphatic heterocycles. The van der Waals surface area contributed by atoms with Crippen molar-refractivity contribution in [1.82, 2.24) is 0 Å². The SMILES string of the molecule is COc1ccc(COc2cc(OC)cc(OC)c2C(C)=O)cc1. The van der Waals surface area contributed by atoms with Gasteiger partial charge in [-0.05, 0) is 24.6 Å². The highest BCUT2D eigenvalue weighted by Gasteiger charge is 2.17. The molecular weight excluding hydrogens is 296 g/mol. The van der Waals surface area contributed by atoms with Gasteiger partial charge < -0.3 is 18.9 Å². The van der Waals surface area contributed by atoms with Gasteiger partial charge in [0, 0.05) is 12.1 Å². The lowest BCUT2D eigenvalue weighted by atomic mass is 10.1. The van der Waals surface area contributed by atoms with Crippen LogP contribution in [0.25, 0.3) is 0 Å². The molecule has 0 aromatic heterocycles. The van der Waals surface area contributed by atoms with Gasteiger partial charge in [-0.3, -0.25) is 4.79 Å². The Kier molecular flexibility index (Phi) is 5.46. The first-order valence-corrected chi connectivity index (χ1v) is 7.11. The third-order valence-electron chi connectivity index (χ3n) is 3.40. The van der Waals surface area contributed by atoms with Crippen molar-refractivity contribution in [3.05, 3.63) is 47.5 Å². The number of Topliss-reactive ketones (excluding diaryl/α,β-unsaturated/α-hetero) is 1. The van der Waals surface area contributed by atoms with E-state index in [1.807, 2.05) is 24.3 Å². The molecule has 2 aromatic rings. The Balaban J connectivity index is 2.27. The fraction of sp³-hybridized carbons (Fsp3) is 0.278. The molecule has 0 fully saturated rings. The van der Waals surface area contributed by atoms with Gasteiger partial charge in [-0.25, -0.2) is 0 Å². The third kappa shape index (κ3) is 3.94. The van der Waals surface area contributed by atoms with Crippen LogP contribution in [-0.4, -0.2) is 27.1 Å². The maximum absolute atomic E-state index is 11.9. The monoisotopic (exact) mass is 316 g/mol. The number of hydrogen-bond acceptors (Lipinski definition) is 5. The first-order valence-electron chi connectivity index (χ1n) is 7.11. The number of ketones is 1. The molecule has 0 saturated carbocycles. The molecule has 0 unspecified atom stereocenters. The molecule has 0 N–H and O–H groups in total. The van der Waals surface area contributed by atoms with Crippen molar-refractivity contribution in [3.8, 4) is 23.0 Å². The Morgan fingerprint density at radius 2 is 1.48 bits per heavy atom. The zero-order valence-corrected chi connectivity index (χ0v) is 13.7. The highest BCUT2D eigenvalue weighted by molar-refractivity contribution is 6.00. The van der Waals surface area contributed by atoms with E-state index in [4.69, 9.17) is 18.9 Å². The van der Waals surface area contributed by atoms with Crippen molar-refractivity contribution >= 4 is 5.78 Å². The smallest absolute Gasteiger partial charge is 0.167 e. The molecule has 2 rings (SSSR count). The van der Waals surface area contributed by atoms with Gasteiger partial charge in [0.25, 0.3) is 0 Å². The molecule has 0 bridgehead atoms. The summed E-state index contributed by atoms with van der Waals surface area (Å²) < 4.78 is 21.4. The van der Waals surface area contributed by atoms with Gasteiger partial charge in [0.1, 0.15) is 35.2 Å². The zero-order valence-electron chi connectivity index (χ0n) is 13.7. The quantitative estimate of drug-likeness (QED) is 0.732. The molecule has 0 radical (unpaired) electrons. The number of methoxy groups -OCH3 is 3. The summed E-state index contributed by atoms with van der Waals surface area (Å²) in [4.78, 5) is 11.9. The van der Waals surface area contributed by atoms with Crippen LogP contribution in [0.3, 0.4) is 0 Å². The van der Waals surface area contributed by atoms with Gasteiger partial charge in [-0.2, -0.15) is 0 Å². The molecule has 23 heavy (non-hydrogen) atoms. The van der Waals surface area contributed by atoms with Gasteiger partial charge in [0.05, 0.1) is 21.3 Å². The zero-order chi connectivity index (χ0) is 16.8. The Hall–Kier alpha value is -2.69. The Labute approximate surface area is 135 Å². The maximum Gasteiger partial charge on any atom is 0.167 e. The predicted molar refractivity (Wildman–Crippen MR) is 86.9 cm³/mol. The van der Waals surface area contributed by atoms with Gasteiger partial charge >= 0.3 is 0 Å². The number of hydrogen-bond donors (Lipinski definition) is 0. The fourth-order valence-electron chi connectivity index (χ4n) is 2.19. The first-order chi connectivity index (χ1) is 11.1. The van der Waals surface area contributed by atoms with E-state index < -0.39 is 0 Å². The Morgan fingerprint density at radius 1 is 0.870 bits per heavy atom. The normalized spacial score (nSPS) is 10.1. The molecule has 2 aromatic carbocycles.